The second-order valence-electron chi connectivity index (χ2n) is 5.11. The van der Waals surface area contributed by atoms with E-state index in [1.165, 1.54) is 0 Å². The molecule has 0 bridgehead atoms. The van der Waals surface area contributed by atoms with Gasteiger partial charge >= 0.3 is 0 Å². The summed E-state index contributed by atoms with van der Waals surface area (Å²) in [6.45, 7) is 6.19. The van der Waals surface area contributed by atoms with Gasteiger partial charge < -0.3 is 10.5 Å². The highest BCUT2D eigenvalue weighted by molar-refractivity contribution is 5.87. The van der Waals surface area contributed by atoms with Crippen molar-refractivity contribution < 1.29 is 4.74 Å². The third-order valence-electron chi connectivity index (χ3n) is 3.13. The van der Waals surface area contributed by atoms with Crippen LogP contribution < -0.4 is 10.5 Å². The van der Waals surface area contributed by atoms with Crippen molar-refractivity contribution >= 4 is 10.9 Å². The van der Waals surface area contributed by atoms with Crippen LogP contribution in [0.4, 0.5) is 0 Å². The second kappa shape index (κ2) is 6.02. The summed E-state index contributed by atoms with van der Waals surface area (Å²) >= 11 is 0. The summed E-state index contributed by atoms with van der Waals surface area (Å²) in [4.78, 5) is 4.46. The third kappa shape index (κ3) is 3.04. The maximum atomic E-state index is 6.25. The molecule has 1 atom stereocenters. The predicted octanol–water partition coefficient (Wildman–Crippen LogP) is 3.82. The number of pyridine rings is 1. The molecule has 3 nitrogen and oxygen atoms in total. The molecule has 19 heavy (non-hydrogen) atoms. The Bertz CT molecular complexity index is 551. The fourth-order valence-electron chi connectivity index (χ4n) is 2.31. The second-order valence-corrected chi connectivity index (χ2v) is 5.11. The van der Waals surface area contributed by atoms with E-state index in [0.717, 1.165) is 35.1 Å². The molecule has 2 N–H and O–H groups in total. The molecule has 1 unspecified atom stereocenters. The number of fused-ring (bicyclic) bond motifs is 1. The van der Waals surface area contributed by atoms with Gasteiger partial charge in [-0.1, -0.05) is 25.5 Å². The van der Waals surface area contributed by atoms with Gasteiger partial charge in [0.25, 0.3) is 0 Å². The SMILES string of the molecule is CCCC(N)c1ccc(OC(C)C)c2ncccc12. The van der Waals surface area contributed by atoms with E-state index >= 15 is 0 Å². The highest BCUT2D eigenvalue weighted by Crippen LogP contribution is 2.31. The molecule has 102 valence electrons. The van der Waals surface area contributed by atoms with Gasteiger partial charge in [-0.3, -0.25) is 4.98 Å². The van der Waals surface area contributed by atoms with E-state index in [0.29, 0.717) is 0 Å². The first-order chi connectivity index (χ1) is 9.13. The van der Waals surface area contributed by atoms with Crippen LogP contribution in [0, 0.1) is 0 Å². The van der Waals surface area contributed by atoms with E-state index in [4.69, 9.17) is 10.5 Å². The van der Waals surface area contributed by atoms with Crippen molar-refractivity contribution in [1.82, 2.24) is 4.98 Å². The van der Waals surface area contributed by atoms with Crippen molar-refractivity contribution in [3.8, 4) is 5.75 Å². The Morgan fingerprint density at radius 2 is 2.05 bits per heavy atom. The summed E-state index contributed by atoms with van der Waals surface area (Å²) in [5.74, 6) is 0.832. The highest BCUT2D eigenvalue weighted by atomic mass is 16.5. The summed E-state index contributed by atoms with van der Waals surface area (Å²) in [5, 5.41) is 1.10. The molecule has 0 aliphatic heterocycles. The fourth-order valence-corrected chi connectivity index (χ4v) is 2.31. The standard InChI is InChI=1S/C16H22N2O/c1-4-6-14(17)12-8-9-15(19-11(2)3)16-13(12)7-5-10-18-16/h5,7-11,14H,4,6,17H2,1-3H3. The van der Waals surface area contributed by atoms with Gasteiger partial charge in [0.2, 0.25) is 0 Å². The Morgan fingerprint density at radius 1 is 1.26 bits per heavy atom. The maximum absolute atomic E-state index is 6.25. The lowest BCUT2D eigenvalue weighted by molar-refractivity contribution is 0.245. The Hall–Kier alpha value is -1.61. The number of nitrogens with zero attached hydrogens (tertiary/aromatic N) is 1. The molecule has 2 aromatic rings. The van der Waals surface area contributed by atoms with Crippen LogP contribution in [0.25, 0.3) is 10.9 Å². The van der Waals surface area contributed by atoms with Gasteiger partial charge in [-0.15, -0.1) is 0 Å². The van der Waals surface area contributed by atoms with Gasteiger partial charge in [-0.25, -0.2) is 0 Å². The van der Waals surface area contributed by atoms with E-state index in [1.54, 1.807) is 6.20 Å². The lowest BCUT2D eigenvalue weighted by Crippen LogP contribution is -2.11. The van der Waals surface area contributed by atoms with Crippen molar-refractivity contribution in [1.29, 1.82) is 0 Å². The first-order valence-electron chi connectivity index (χ1n) is 6.93. The molecule has 0 amide bonds. The van der Waals surface area contributed by atoms with Crippen LogP contribution in [0.2, 0.25) is 0 Å². The smallest absolute Gasteiger partial charge is 0.145 e. The van der Waals surface area contributed by atoms with Crippen LogP contribution in [0.3, 0.4) is 0 Å². The number of hydrogen-bond acceptors (Lipinski definition) is 3. The zero-order valence-electron chi connectivity index (χ0n) is 11.9. The minimum absolute atomic E-state index is 0.0600. The largest absolute Gasteiger partial charge is 0.489 e. The van der Waals surface area contributed by atoms with Crippen LogP contribution in [0.1, 0.15) is 45.2 Å². The molecule has 0 saturated carbocycles. The third-order valence-corrected chi connectivity index (χ3v) is 3.13. The van der Waals surface area contributed by atoms with E-state index < -0.39 is 0 Å². The summed E-state index contributed by atoms with van der Waals surface area (Å²) in [6, 6.07) is 8.14. The van der Waals surface area contributed by atoms with Gasteiger partial charge in [-0.2, -0.15) is 0 Å². The monoisotopic (exact) mass is 258 g/mol. The Labute approximate surface area is 114 Å². The first kappa shape index (κ1) is 13.8. The number of rotatable bonds is 5. The van der Waals surface area contributed by atoms with E-state index in [9.17, 15) is 0 Å². The summed E-state index contributed by atoms with van der Waals surface area (Å²) in [7, 11) is 0. The van der Waals surface area contributed by atoms with Crippen molar-refractivity contribution in [3.63, 3.8) is 0 Å². The zero-order valence-corrected chi connectivity index (χ0v) is 11.9. The number of ether oxygens (including phenoxy) is 1. The average molecular weight is 258 g/mol. The molecule has 0 spiro atoms. The lowest BCUT2D eigenvalue weighted by Gasteiger charge is -2.17. The molecular formula is C16H22N2O. The van der Waals surface area contributed by atoms with Crippen molar-refractivity contribution in [2.75, 3.05) is 0 Å². The van der Waals surface area contributed by atoms with Gasteiger partial charge in [0.1, 0.15) is 11.3 Å². The predicted molar refractivity (Wildman–Crippen MR) is 79.3 cm³/mol. The molecule has 0 saturated heterocycles. The van der Waals surface area contributed by atoms with Gasteiger partial charge in [0, 0.05) is 17.6 Å². The number of hydrogen-bond donors (Lipinski definition) is 1. The van der Waals surface area contributed by atoms with E-state index in [1.807, 2.05) is 26.0 Å². The molecule has 0 aliphatic rings. The quantitative estimate of drug-likeness (QED) is 0.886. The van der Waals surface area contributed by atoms with Gasteiger partial charge in [0.15, 0.2) is 0 Å². The number of nitrogens with two attached hydrogens (primary N) is 1. The van der Waals surface area contributed by atoms with Crippen LogP contribution in [-0.2, 0) is 0 Å². The maximum Gasteiger partial charge on any atom is 0.145 e. The molecule has 0 aliphatic carbocycles. The topological polar surface area (TPSA) is 48.1 Å². The Morgan fingerprint density at radius 3 is 2.74 bits per heavy atom. The lowest BCUT2D eigenvalue weighted by atomic mass is 9.98. The van der Waals surface area contributed by atoms with Crippen LogP contribution >= 0.6 is 0 Å². The van der Waals surface area contributed by atoms with E-state index in [2.05, 4.69) is 24.0 Å². The summed E-state index contributed by atoms with van der Waals surface area (Å²) in [6.07, 6.45) is 3.99. The molecule has 1 aromatic heterocycles. The Kier molecular flexibility index (Phi) is 4.38. The number of benzene rings is 1. The van der Waals surface area contributed by atoms with Crippen molar-refractivity contribution in [3.05, 3.63) is 36.0 Å². The highest BCUT2D eigenvalue weighted by Gasteiger charge is 2.13. The minimum atomic E-state index is 0.0600. The van der Waals surface area contributed by atoms with Gasteiger partial charge in [-0.05, 0) is 38.0 Å². The molecule has 0 radical (unpaired) electrons. The van der Waals surface area contributed by atoms with Crippen LogP contribution in [0.15, 0.2) is 30.5 Å². The summed E-state index contributed by atoms with van der Waals surface area (Å²) < 4.78 is 5.82. The molecular weight excluding hydrogens is 236 g/mol. The zero-order chi connectivity index (χ0) is 13.8. The van der Waals surface area contributed by atoms with Crippen molar-refractivity contribution in [2.24, 2.45) is 5.73 Å². The van der Waals surface area contributed by atoms with Crippen LogP contribution in [0.5, 0.6) is 5.75 Å². The molecule has 1 aromatic carbocycles. The summed E-state index contributed by atoms with van der Waals surface area (Å²) in [5.41, 5.74) is 8.31. The van der Waals surface area contributed by atoms with Crippen LogP contribution in [-0.4, -0.2) is 11.1 Å². The van der Waals surface area contributed by atoms with E-state index in [-0.39, 0.29) is 12.1 Å². The molecule has 1 heterocycles. The molecule has 2 rings (SSSR count). The normalized spacial score (nSPS) is 12.9. The van der Waals surface area contributed by atoms with Gasteiger partial charge in [0.05, 0.1) is 6.10 Å². The van der Waals surface area contributed by atoms with Crippen molar-refractivity contribution in [2.45, 2.75) is 45.8 Å². The average Bonchev–Trinajstić information content (AvgIpc) is 2.38. The molecule has 3 heteroatoms. The minimum Gasteiger partial charge on any atom is -0.489 e. The fraction of sp³-hybridized carbons (Fsp3) is 0.438. The first-order valence-corrected chi connectivity index (χ1v) is 6.93. The number of aromatic nitrogens is 1. The molecule has 0 fully saturated rings. The Balaban J connectivity index is 2.51.